The van der Waals surface area contributed by atoms with Crippen LogP contribution in [0.25, 0.3) is 0 Å². The molecule has 0 saturated carbocycles. The summed E-state index contributed by atoms with van der Waals surface area (Å²) in [7, 11) is 0. The third kappa shape index (κ3) is 7.80. The second-order valence-corrected chi connectivity index (χ2v) is 18.9. The second-order valence-electron chi connectivity index (χ2n) is 7.27. The van der Waals surface area contributed by atoms with Gasteiger partial charge in [-0.1, -0.05) is 0 Å². The molecule has 0 aromatic heterocycles. The molecule has 0 aliphatic rings. The first-order valence-corrected chi connectivity index (χ1v) is 17.9. The van der Waals surface area contributed by atoms with E-state index < -0.39 is 18.8 Å². The molecule has 0 fully saturated rings. The summed E-state index contributed by atoms with van der Waals surface area (Å²) in [5.74, 6) is 1.14. The van der Waals surface area contributed by atoms with Crippen molar-refractivity contribution >= 4 is 24.5 Å². The number of benzene rings is 1. The van der Waals surface area contributed by atoms with E-state index in [-0.39, 0.29) is 0 Å². The molecule has 0 aliphatic heterocycles. The predicted octanol–water partition coefficient (Wildman–Crippen LogP) is 7.26. The Hall–Kier alpha value is -0.381. The van der Waals surface area contributed by atoms with Crippen LogP contribution in [0.2, 0.25) is 13.3 Å². The second kappa shape index (κ2) is 12.9. The van der Waals surface area contributed by atoms with Crippen LogP contribution in [0, 0.1) is 0 Å². The molecule has 2 nitrogen and oxygen atoms in total. The van der Waals surface area contributed by atoms with Crippen molar-refractivity contribution in [2.24, 2.45) is 0 Å². The summed E-state index contributed by atoms with van der Waals surface area (Å²) in [4.78, 5) is 2.41. The van der Waals surface area contributed by atoms with E-state index in [1.54, 1.807) is 0 Å². The van der Waals surface area contributed by atoms with Gasteiger partial charge in [0.05, 0.1) is 0 Å². The van der Waals surface area contributed by atoms with E-state index in [0.29, 0.717) is 0 Å². The van der Waals surface area contributed by atoms with E-state index >= 15 is 0 Å². The van der Waals surface area contributed by atoms with Gasteiger partial charge in [0.2, 0.25) is 0 Å². The van der Waals surface area contributed by atoms with Crippen molar-refractivity contribution in [3.05, 3.63) is 24.3 Å². The molecule has 0 radical (unpaired) electrons. The number of anilines is 1. The van der Waals surface area contributed by atoms with E-state index in [1.807, 2.05) is 0 Å². The fourth-order valence-corrected chi connectivity index (χ4v) is 17.0. The molecule has 0 aliphatic carbocycles. The van der Waals surface area contributed by atoms with E-state index in [4.69, 9.17) is 3.07 Å². The molecule has 3 heteroatoms. The predicted molar refractivity (Wildman–Crippen MR) is 116 cm³/mol. The molecule has 0 heterocycles. The average molecular weight is 454 g/mol. The maximum absolute atomic E-state index is 6.97. The summed E-state index contributed by atoms with van der Waals surface area (Å²) >= 11 is -2.57. The standard InChI is InChI=1S/C10H15NO.3C4H9.Sn/c1-3-11(4-2)9-6-5-7-10(12)8-9;3*1-3-4-2;/h5-8,12H,3-4H2,1-2H3;3*1,3-4H2,2H3;/q;;;;+1/p-1. The van der Waals surface area contributed by atoms with Gasteiger partial charge in [-0.2, -0.15) is 0 Å². The van der Waals surface area contributed by atoms with Gasteiger partial charge in [0, 0.05) is 0 Å². The normalized spacial score (nSPS) is 11.6. The summed E-state index contributed by atoms with van der Waals surface area (Å²) in [6.07, 6.45) is 7.91. The molecule has 0 N–H and O–H groups in total. The van der Waals surface area contributed by atoms with E-state index in [9.17, 15) is 0 Å². The molecule has 0 spiro atoms. The Morgan fingerprint density at radius 2 is 1.32 bits per heavy atom. The van der Waals surface area contributed by atoms with Gasteiger partial charge in [-0.15, -0.1) is 0 Å². The number of hydrogen-bond donors (Lipinski definition) is 0. The first-order chi connectivity index (χ1) is 12.1. The van der Waals surface area contributed by atoms with E-state index in [0.717, 1.165) is 18.8 Å². The maximum atomic E-state index is 6.97. The summed E-state index contributed by atoms with van der Waals surface area (Å²) < 4.78 is 11.1. The number of unbranched alkanes of at least 4 members (excludes halogenated alkanes) is 3. The molecule has 0 atom stereocenters. The minimum absolute atomic E-state index is 1.05. The first-order valence-electron chi connectivity index (χ1n) is 10.7. The van der Waals surface area contributed by atoms with Crippen LogP contribution in [0.1, 0.15) is 73.1 Å². The van der Waals surface area contributed by atoms with Crippen LogP contribution in [-0.2, 0) is 0 Å². The van der Waals surface area contributed by atoms with Crippen molar-refractivity contribution < 1.29 is 3.07 Å². The van der Waals surface area contributed by atoms with Crippen LogP contribution in [0.4, 0.5) is 5.69 Å². The monoisotopic (exact) mass is 455 g/mol. The number of nitrogens with zero attached hydrogens (tertiary/aromatic N) is 1. The summed E-state index contributed by atoms with van der Waals surface area (Å²) in [6.45, 7) is 13.5. The molecule has 144 valence electrons. The molecular weight excluding hydrogens is 413 g/mol. The molecule has 1 aromatic rings. The van der Waals surface area contributed by atoms with E-state index in [1.165, 1.54) is 57.5 Å². The van der Waals surface area contributed by atoms with Crippen LogP contribution < -0.4 is 7.97 Å². The van der Waals surface area contributed by atoms with Gasteiger partial charge in [-0.25, -0.2) is 0 Å². The summed E-state index contributed by atoms with van der Waals surface area (Å²) in [6, 6.07) is 8.89. The van der Waals surface area contributed by atoms with Crippen LogP contribution in [0.5, 0.6) is 5.75 Å². The Bertz CT molecular complexity index is 437. The molecule has 0 bridgehead atoms. The van der Waals surface area contributed by atoms with Gasteiger partial charge in [0.1, 0.15) is 0 Å². The van der Waals surface area contributed by atoms with Crippen molar-refractivity contribution in [2.45, 2.75) is 86.5 Å². The molecule has 25 heavy (non-hydrogen) atoms. The zero-order valence-corrected chi connectivity index (χ0v) is 20.3. The fourth-order valence-electron chi connectivity index (χ4n) is 3.61. The van der Waals surface area contributed by atoms with Crippen molar-refractivity contribution in [1.29, 1.82) is 0 Å². The first kappa shape index (κ1) is 22.7. The molecule has 1 rings (SSSR count). The third-order valence-electron chi connectivity index (χ3n) is 5.24. The molecule has 1 aromatic carbocycles. The molecule has 0 amide bonds. The Labute approximate surface area is 161 Å². The molecule has 0 unspecified atom stereocenters. The van der Waals surface area contributed by atoms with Gasteiger partial charge >= 0.3 is 162 Å². The quantitative estimate of drug-likeness (QED) is 0.275. The zero-order valence-electron chi connectivity index (χ0n) is 17.4. The van der Waals surface area contributed by atoms with Gasteiger partial charge in [-0.3, -0.25) is 0 Å². The topological polar surface area (TPSA) is 12.5 Å². The number of hydrogen-bond acceptors (Lipinski definition) is 2. The average Bonchev–Trinajstić information content (AvgIpc) is 2.64. The van der Waals surface area contributed by atoms with Crippen LogP contribution in [-0.4, -0.2) is 31.9 Å². The molecule has 0 saturated heterocycles. The summed E-state index contributed by atoms with van der Waals surface area (Å²) in [5, 5.41) is 0. The van der Waals surface area contributed by atoms with Crippen LogP contribution in [0.3, 0.4) is 0 Å². The van der Waals surface area contributed by atoms with Crippen molar-refractivity contribution in [2.75, 3.05) is 18.0 Å². The zero-order chi connectivity index (χ0) is 18.5. The van der Waals surface area contributed by atoms with Gasteiger partial charge < -0.3 is 0 Å². The van der Waals surface area contributed by atoms with Crippen molar-refractivity contribution in [3.8, 4) is 5.75 Å². The minimum atomic E-state index is -2.57. The van der Waals surface area contributed by atoms with Gasteiger partial charge in [0.15, 0.2) is 0 Å². The van der Waals surface area contributed by atoms with Crippen LogP contribution in [0.15, 0.2) is 24.3 Å². The third-order valence-corrected chi connectivity index (χ3v) is 18.0. The van der Waals surface area contributed by atoms with Crippen molar-refractivity contribution in [3.63, 3.8) is 0 Å². The van der Waals surface area contributed by atoms with E-state index in [2.05, 4.69) is 63.8 Å². The Morgan fingerprint density at radius 1 is 0.800 bits per heavy atom. The molecular formula is C22H41NOSn. The van der Waals surface area contributed by atoms with Gasteiger partial charge in [0.25, 0.3) is 0 Å². The number of rotatable bonds is 14. The Kier molecular flexibility index (Phi) is 11.7. The fraction of sp³-hybridized carbons (Fsp3) is 0.727. The van der Waals surface area contributed by atoms with Crippen molar-refractivity contribution in [1.82, 2.24) is 0 Å². The van der Waals surface area contributed by atoms with Crippen LogP contribution >= 0.6 is 0 Å². The Morgan fingerprint density at radius 3 is 1.76 bits per heavy atom. The summed E-state index contributed by atoms with van der Waals surface area (Å²) in [5.41, 5.74) is 1.31. The van der Waals surface area contributed by atoms with Gasteiger partial charge in [-0.05, 0) is 0 Å². The Balaban J connectivity index is 3.02. The SMILES string of the molecule is CCC[CH2][Sn]([CH2]CCC)([CH2]CCC)[O]c1cccc(N(CC)CC)c1.